The van der Waals surface area contributed by atoms with Gasteiger partial charge in [-0.3, -0.25) is 0 Å². The van der Waals surface area contributed by atoms with E-state index in [2.05, 4.69) is 29.1 Å². The molecular formula is C14H24N4O. The number of aromatic nitrogens is 2. The van der Waals surface area contributed by atoms with E-state index in [9.17, 15) is 0 Å². The smallest absolute Gasteiger partial charge is 0.242 e. The number of hydrogen-bond acceptors (Lipinski definition) is 5. The highest BCUT2D eigenvalue weighted by Gasteiger charge is 2.24. The van der Waals surface area contributed by atoms with E-state index in [-0.39, 0.29) is 0 Å². The van der Waals surface area contributed by atoms with Crippen LogP contribution in [0.2, 0.25) is 0 Å². The number of hydrogen-bond donors (Lipinski definition) is 2. The van der Waals surface area contributed by atoms with Gasteiger partial charge in [0.1, 0.15) is 11.5 Å². The van der Waals surface area contributed by atoms with Gasteiger partial charge in [-0.2, -0.15) is 4.98 Å². The average molecular weight is 264 g/mol. The molecule has 1 aromatic heterocycles. The fraction of sp³-hybridized carbons (Fsp3) is 0.714. The third kappa shape index (κ3) is 3.98. The van der Waals surface area contributed by atoms with E-state index < -0.39 is 0 Å². The van der Waals surface area contributed by atoms with E-state index in [0.717, 1.165) is 37.3 Å². The minimum atomic E-state index is 0.523. The summed E-state index contributed by atoms with van der Waals surface area (Å²) in [4.78, 5) is 8.93. The molecule has 0 saturated heterocycles. The van der Waals surface area contributed by atoms with Crippen molar-refractivity contribution < 1.29 is 4.74 Å². The SMILES string of the molecule is CCCCOc1nc(CCC)nc(NC2CC2)c1N. The molecule has 1 aromatic rings. The van der Waals surface area contributed by atoms with Gasteiger partial charge in [-0.25, -0.2) is 4.98 Å². The van der Waals surface area contributed by atoms with Gasteiger partial charge in [0.15, 0.2) is 5.82 Å². The predicted molar refractivity (Wildman–Crippen MR) is 77.5 cm³/mol. The highest BCUT2D eigenvalue weighted by atomic mass is 16.5. The van der Waals surface area contributed by atoms with E-state index >= 15 is 0 Å². The Kier molecular flexibility index (Phi) is 4.82. The first-order valence-corrected chi connectivity index (χ1v) is 7.30. The molecule has 0 bridgehead atoms. The number of nitrogens with one attached hydrogen (secondary N) is 1. The van der Waals surface area contributed by atoms with Crippen LogP contribution in [0.4, 0.5) is 11.5 Å². The Morgan fingerprint density at radius 1 is 1.26 bits per heavy atom. The Labute approximate surface area is 115 Å². The Bertz CT molecular complexity index is 418. The summed E-state index contributed by atoms with van der Waals surface area (Å²) in [5.74, 6) is 2.09. The van der Waals surface area contributed by atoms with Crippen molar-refractivity contribution in [3.63, 3.8) is 0 Å². The summed E-state index contributed by atoms with van der Waals surface area (Å²) in [6.45, 7) is 4.91. The number of unbranched alkanes of at least 4 members (excludes halogenated alkanes) is 1. The first-order chi connectivity index (χ1) is 9.24. The second-order valence-corrected chi connectivity index (χ2v) is 5.08. The molecule has 1 heterocycles. The third-order valence-electron chi connectivity index (χ3n) is 3.09. The van der Waals surface area contributed by atoms with Crippen molar-refractivity contribution in [2.45, 2.75) is 58.4 Å². The summed E-state index contributed by atoms with van der Waals surface area (Å²) in [5, 5.41) is 3.36. The molecule has 106 valence electrons. The summed E-state index contributed by atoms with van der Waals surface area (Å²) in [5.41, 5.74) is 6.64. The molecule has 0 spiro atoms. The molecule has 19 heavy (non-hydrogen) atoms. The normalized spacial score (nSPS) is 14.4. The maximum absolute atomic E-state index is 6.09. The van der Waals surface area contributed by atoms with Crippen molar-refractivity contribution in [3.05, 3.63) is 5.82 Å². The molecule has 0 aromatic carbocycles. The lowest BCUT2D eigenvalue weighted by Crippen LogP contribution is -2.12. The number of anilines is 2. The van der Waals surface area contributed by atoms with Crippen LogP contribution in [0.3, 0.4) is 0 Å². The summed E-state index contributed by atoms with van der Waals surface area (Å²) in [6.07, 6.45) is 6.36. The number of nitrogen functional groups attached to an aromatic ring is 1. The summed E-state index contributed by atoms with van der Waals surface area (Å²) >= 11 is 0. The predicted octanol–water partition coefficient (Wildman–Crippen LogP) is 2.76. The molecule has 1 aliphatic rings. The van der Waals surface area contributed by atoms with Gasteiger partial charge in [-0.1, -0.05) is 20.3 Å². The molecule has 0 atom stereocenters. The summed E-state index contributed by atoms with van der Waals surface area (Å²) in [6, 6.07) is 0.523. The van der Waals surface area contributed by atoms with E-state index in [1.54, 1.807) is 0 Å². The number of ether oxygens (including phenoxy) is 1. The van der Waals surface area contributed by atoms with Crippen molar-refractivity contribution in [3.8, 4) is 5.88 Å². The minimum Gasteiger partial charge on any atom is -0.476 e. The van der Waals surface area contributed by atoms with Crippen LogP contribution in [0, 0.1) is 0 Å². The van der Waals surface area contributed by atoms with Crippen molar-refractivity contribution in [1.82, 2.24) is 9.97 Å². The van der Waals surface area contributed by atoms with Gasteiger partial charge in [0.25, 0.3) is 0 Å². The zero-order valence-electron chi connectivity index (χ0n) is 11.9. The van der Waals surface area contributed by atoms with Crippen LogP contribution in [-0.4, -0.2) is 22.6 Å². The zero-order chi connectivity index (χ0) is 13.7. The Balaban J connectivity index is 2.14. The second-order valence-electron chi connectivity index (χ2n) is 5.08. The highest BCUT2D eigenvalue weighted by Crippen LogP contribution is 2.31. The van der Waals surface area contributed by atoms with E-state index in [1.807, 2.05) is 0 Å². The maximum atomic E-state index is 6.09. The lowest BCUT2D eigenvalue weighted by molar-refractivity contribution is 0.298. The second kappa shape index (κ2) is 6.59. The molecule has 2 rings (SSSR count). The number of rotatable bonds is 8. The van der Waals surface area contributed by atoms with Crippen LogP contribution in [0.1, 0.15) is 51.8 Å². The van der Waals surface area contributed by atoms with E-state index in [4.69, 9.17) is 10.5 Å². The fourth-order valence-corrected chi connectivity index (χ4v) is 1.78. The zero-order valence-corrected chi connectivity index (χ0v) is 11.9. The van der Waals surface area contributed by atoms with E-state index in [0.29, 0.717) is 24.2 Å². The topological polar surface area (TPSA) is 73.1 Å². The average Bonchev–Trinajstić information content (AvgIpc) is 3.19. The van der Waals surface area contributed by atoms with Gasteiger partial charge in [0.05, 0.1) is 6.61 Å². The maximum Gasteiger partial charge on any atom is 0.242 e. The fourth-order valence-electron chi connectivity index (χ4n) is 1.78. The van der Waals surface area contributed by atoms with Gasteiger partial charge in [0.2, 0.25) is 5.88 Å². The third-order valence-corrected chi connectivity index (χ3v) is 3.09. The molecule has 3 N–H and O–H groups in total. The molecule has 0 unspecified atom stereocenters. The van der Waals surface area contributed by atoms with Gasteiger partial charge >= 0.3 is 0 Å². The highest BCUT2D eigenvalue weighted by molar-refractivity contribution is 5.67. The van der Waals surface area contributed by atoms with Gasteiger partial charge in [-0.15, -0.1) is 0 Å². The molecular weight excluding hydrogens is 240 g/mol. The van der Waals surface area contributed by atoms with Crippen LogP contribution in [-0.2, 0) is 6.42 Å². The Morgan fingerprint density at radius 3 is 2.68 bits per heavy atom. The Morgan fingerprint density at radius 2 is 2.05 bits per heavy atom. The van der Waals surface area contributed by atoms with Crippen molar-refractivity contribution >= 4 is 11.5 Å². The van der Waals surface area contributed by atoms with E-state index in [1.165, 1.54) is 12.8 Å². The molecule has 0 amide bonds. The van der Waals surface area contributed by atoms with Crippen LogP contribution in [0.15, 0.2) is 0 Å². The number of nitrogens with zero attached hydrogens (tertiary/aromatic N) is 2. The Hall–Kier alpha value is -1.52. The van der Waals surface area contributed by atoms with Gasteiger partial charge in [0, 0.05) is 12.5 Å². The molecule has 1 fully saturated rings. The molecule has 5 nitrogen and oxygen atoms in total. The first kappa shape index (κ1) is 13.9. The lowest BCUT2D eigenvalue weighted by atomic mass is 10.3. The quantitative estimate of drug-likeness (QED) is 0.706. The minimum absolute atomic E-state index is 0.523. The van der Waals surface area contributed by atoms with Gasteiger partial charge < -0.3 is 15.8 Å². The first-order valence-electron chi connectivity index (χ1n) is 7.30. The summed E-state index contributed by atoms with van der Waals surface area (Å²) in [7, 11) is 0. The number of aryl methyl sites for hydroxylation is 1. The molecule has 5 heteroatoms. The van der Waals surface area contributed by atoms with Crippen LogP contribution in [0.5, 0.6) is 5.88 Å². The molecule has 1 aliphatic carbocycles. The molecule has 0 radical (unpaired) electrons. The van der Waals surface area contributed by atoms with Crippen molar-refractivity contribution in [1.29, 1.82) is 0 Å². The summed E-state index contributed by atoms with van der Waals surface area (Å²) < 4.78 is 5.69. The van der Waals surface area contributed by atoms with Crippen LogP contribution < -0.4 is 15.8 Å². The monoisotopic (exact) mass is 264 g/mol. The molecule has 1 saturated carbocycles. The largest absolute Gasteiger partial charge is 0.476 e. The standard InChI is InChI=1S/C14H24N4O/c1-3-5-9-19-14-12(15)13(16-10-7-8-10)17-11(18-14)6-4-2/h10H,3-9,15H2,1-2H3,(H,16,17,18). The number of nitrogens with two attached hydrogens (primary N) is 1. The lowest BCUT2D eigenvalue weighted by Gasteiger charge is -2.13. The van der Waals surface area contributed by atoms with Crippen LogP contribution >= 0.6 is 0 Å². The van der Waals surface area contributed by atoms with Crippen LogP contribution in [0.25, 0.3) is 0 Å². The molecule has 0 aliphatic heterocycles. The van der Waals surface area contributed by atoms with Gasteiger partial charge in [-0.05, 0) is 25.7 Å². The van der Waals surface area contributed by atoms with Crippen molar-refractivity contribution in [2.24, 2.45) is 0 Å². The van der Waals surface area contributed by atoms with Crippen molar-refractivity contribution in [2.75, 3.05) is 17.7 Å².